The Labute approximate surface area is 230 Å². The summed E-state index contributed by atoms with van der Waals surface area (Å²) in [6.45, 7) is 18.0. The van der Waals surface area contributed by atoms with E-state index in [1.54, 1.807) is 0 Å². The highest BCUT2D eigenvalue weighted by atomic mass is 16.5. The van der Waals surface area contributed by atoms with Crippen LogP contribution in [0.15, 0.2) is 0 Å². The molecule has 218 valence electrons. The van der Waals surface area contributed by atoms with Gasteiger partial charge in [-0.15, -0.1) is 0 Å². The van der Waals surface area contributed by atoms with Crippen molar-refractivity contribution in [1.29, 1.82) is 0 Å². The SMILES string of the molecule is CC(C)(O)[C@@H]1CC[C@@](C)([C@H]2CC[C@]3(C)[C@@H]2[C@H](O)C[C@@H]2[C@@]4(C)CC[C@H](OC(=O)CN)C(C)(C)[C@@H]4CC[C@]23C)O1. The van der Waals surface area contributed by atoms with Gasteiger partial charge in [-0.25, -0.2) is 0 Å². The van der Waals surface area contributed by atoms with Gasteiger partial charge in [-0.2, -0.15) is 0 Å². The first-order chi connectivity index (χ1) is 17.4. The smallest absolute Gasteiger partial charge is 0.319 e. The molecule has 5 aliphatic rings. The molecule has 4 saturated carbocycles. The number of nitrogens with two attached hydrogens (primary N) is 1. The van der Waals surface area contributed by atoms with Gasteiger partial charge in [-0.3, -0.25) is 4.79 Å². The van der Waals surface area contributed by atoms with E-state index in [2.05, 4.69) is 41.5 Å². The Morgan fingerprint density at radius 1 is 0.947 bits per heavy atom. The third kappa shape index (κ3) is 3.89. The molecule has 0 spiro atoms. The summed E-state index contributed by atoms with van der Waals surface area (Å²) in [5.41, 5.74) is 4.59. The molecule has 0 aromatic heterocycles. The number of esters is 1. The van der Waals surface area contributed by atoms with Gasteiger partial charge >= 0.3 is 5.97 Å². The van der Waals surface area contributed by atoms with Crippen LogP contribution < -0.4 is 5.73 Å². The number of aliphatic hydroxyl groups excluding tert-OH is 1. The van der Waals surface area contributed by atoms with E-state index in [9.17, 15) is 15.0 Å². The highest BCUT2D eigenvalue weighted by Crippen LogP contribution is 2.76. The molecule has 5 fully saturated rings. The van der Waals surface area contributed by atoms with Gasteiger partial charge in [0.1, 0.15) is 6.10 Å². The number of carbonyl (C=O) groups excluding carboxylic acids is 1. The molecule has 1 saturated heterocycles. The Kier molecular flexibility index (Phi) is 6.75. The molecule has 0 amide bonds. The van der Waals surface area contributed by atoms with Crippen molar-refractivity contribution in [1.82, 2.24) is 0 Å². The predicted molar refractivity (Wildman–Crippen MR) is 148 cm³/mol. The van der Waals surface area contributed by atoms with Crippen molar-refractivity contribution < 1.29 is 24.5 Å². The molecule has 4 N–H and O–H groups in total. The van der Waals surface area contributed by atoms with Gasteiger partial charge in [-0.1, -0.05) is 34.6 Å². The van der Waals surface area contributed by atoms with E-state index in [-0.39, 0.29) is 64.0 Å². The zero-order valence-electron chi connectivity index (χ0n) is 25.3. The fourth-order valence-corrected chi connectivity index (χ4v) is 11.5. The van der Waals surface area contributed by atoms with Crippen molar-refractivity contribution in [3.63, 3.8) is 0 Å². The number of rotatable bonds is 4. The van der Waals surface area contributed by atoms with Gasteiger partial charge in [0.25, 0.3) is 0 Å². The molecule has 0 aromatic rings. The van der Waals surface area contributed by atoms with Crippen molar-refractivity contribution in [2.45, 2.75) is 143 Å². The monoisotopic (exact) mass is 533 g/mol. The molecular weight excluding hydrogens is 478 g/mol. The highest BCUT2D eigenvalue weighted by molar-refractivity contribution is 5.71. The average Bonchev–Trinajstić information content (AvgIpc) is 3.40. The summed E-state index contributed by atoms with van der Waals surface area (Å²) >= 11 is 0. The molecule has 6 heteroatoms. The lowest BCUT2D eigenvalue weighted by molar-refractivity contribution is -0.251. The van der Waals surface area contributed by atoms with Gasteiger partial charge in [0.2, 0.25) is 0 Å². The summed E-state index contributed by atoms with van der Waals surface area (Å²) in [6, 6.07) is 0. The zero-order chi connectivity index (χ0) is 28.1. The van der Waals surface area contributed by atoms with Crippen molar-refractivity contribution in [2.24, 2.45) is 51.1 Å². The summed E-state index contributed by atoms with van der Waals surface area (Å²) in [4.78, 5) is 12.1. The second-order valence-corrected chi connectivity index (χ2v) is 16.1. The third-order valence-corrected chi connectivity index (χ3v) is 13.7. The summed E-state index contributed by atoms with van der Waals surface area (Å²) < 4.78 is 12.6. The lowest BCUT2D eigenvalue weighted by Crippen LogP contribution is -2.66. The molecule has 11 atom stereocenters. The molecule has 1 aliphatic heterocycles. The van der Waals surface area contributed by atoms with E-state index >= 15 is 0 Å². The second-order valence-electron chi connectivity index (χ2n) is 16.1. The number of ether oxygens (including phenoxy) is 2. The Balaban J connectivity index is 1.44. The first-order valence-electron chi connectivity index (χ1n) is 15.4. The Bertz CT molecular complexity index is 945. The third-order valence-electron chi connectivity index (χ3n) is 13.7. The van der Waals surface area contributed by atoms with Crippen LogP contribution in [0.3, 0.4) is 0 Å². The molecule has 6 nitrogen and oxygen atoms in total. The van der Waals surface area contributed by atoms with Crippen LogP contribution >= 0.6 is 0 Å². The molecular formula is C32H55NO5. The molecule has 4 aliphatic carbocycles. The molecule has 0 aromatic carbocycles. The maximum atomic E-state index is 12.1. The van der Waals surface area contributed by atoms with Crippen LogP contribution in [-0.2, 0) is 14.3 Å². The lowest BCUT2D eigenvalue weighted by Gasteiger charge is -2.70. The van der Waals surface area contributed by atoms with Crippen LogP contribution in [0.25, 0.3) is 0 Å². The molecule has 0 bridgehead atoms. The predicted octanol–water partition coefficient (Wildman–Crippen LogP) is 5.22. The molecule has 0 unspecified atom stereocenters. The Morgan fingerprint density at radius 3 is 2.21 bits per heavy atom. The first kappa shape index (κ1) is 28.8. The fourth-order valence-electron chi connectivity index (χ4n) is 11.5. The normalized spacial score (nSPS) is 52.1. The van der Waals surface area contributed by atoms with Crippen LogP contribution in [0, 0.1) is 45.3 Å². The highest BCUT2D eigenvalue weighted by Gasteiger charge is 2.72. The van der Waals surface area contributed by atoms with Crippen molar-refractivity contribution in [2.75, 3.05) is 6.54 Å². The maximum Gasteiger partial charge on any atom is 0.319 e. The van der Waals surface area contributed by atoms with E-state index in [0.717, 1.165) is 57.8 Å². The summed E-state index contributed by atoms with van der Waals surface area (Å²) in [5, 5.41) is 22.7. The largest absolute Gasteiger partial charge is 0.461 e. The summed E-state index contributed by atoms with van der Waals surface area (Å²) in [6.07, 6.45) is 8.44. The molecule has 5 rings (SSSR count). The molecule has 0 radical (unpaired) electrons. The van der Waals surface area contributed by atoms with E-state index in [1.807, 2.05) is 13.8 Å². The first-order valence-corrected chi connectivity index (χ1v) is 15.4. The van der Waals surface area contributed by atoms with E-state index in [4.69, 9.17) is 15.2 Å². The zero-order valence-corrected chi connectivity index (χ0v) is 25.3. The molecule has 38 heavy (non-hydrogen) atoms. The number of fused-ring (bicyclic) bond motifs is 5. The van der Waals surface area contributed by atoms with Gasteiger partial charge in [-0.05, 0) is 118 Å². The van der Waals surface area contributed by atoms with Gasteiger partial charge in [0, 0.05) is 5.41 Å². The number of aliphatic hydroxyl groups is 2. The van der Waals surface area contributed by atoms with Crippen LogP contribution in [0.1, 0.15) is 113 Å². The van der Waals surface area contributed by atoms with E-state index < -0.39 is 5.60 Å². The minimum atomic E-state index is -0.848. The van der Waals surface area contributed by atoms with Gasteiger partial charge in [0.15, 0.2) is 0 Å². The van der Waals surface area contributed by atoms with Gasteiger partial charge in [0.05, 0.1) is 30.0 Å². The maximum absolute atomic E-state index is 12.1. The van der Waals surface area contributed by atoms with Crippen LogP contribution in [0.4, 0.5) is 0 Å². The number of carbonyl (C=O) groups is 1. The van der Waals surface area contributed by atoms with Crippen LogP contribution in [-0.4, -0.2) is 52.2 Å². The average molecular weight is 534 g/mol. The minimum Gasteiger partial charge on any atom is -0.461 e. The van der Waals surface area contributed by atoms with Crippen molar-refractivity contribution in [3.05, 3.63) is 0 Å². The minimum absolute atomic E-state index is 0.0418. The summed E-state index contributed by atoms with van der Waals surface area (Å²) in [7, 11) is 0. The van der Waals surface area contributed by atoms with Crippen LogP contribution in [0.5, 0.6) is 0 Å². The number of hydrogen-bond acceptors (Lipinski definition) is 6. The molecule has 1 heterocycles. The van der Waals surface area contributed by atoms with E-state index in [0.29, 0.717) is 17.8 Å². The summed E-state index contributed by atoms with van der Waals surface area (Å²) in [5.74, 6) is 1.08. The van der Waals surface area contributed by atoms with Crippen molar-refractivity contribution >= 4 is 5.97 Å². The Hall–Kier alpha value is -0.690. The van der Waals surface area contributed by atoms with Crippen LogP contribution in [0.2, 0.25) is 0 Å². The number of hydrogen-bond donors (Lipinski definition) is 3. The lowest BCUT2D eigenvalue weighted by atomic mass is 9.35. The van der Waals surface area contributed by atoms with Gasteiger partial charge < -0.3 is 25.4 Å². The standard InChI is InChI=1S/C32H55NO5/c1-27(2)21-10-15-30(6)22(29(21,5)13-11-23(27)37-25(35)18-33)17-20(34)26-19(9-14-31(26,30)7)32(8)16-12-24(38-32)28(3,4)36/h19-24,26,34,36H,9-18,33H2,1-8H3/t19-,20+,21-,22+,23-,24-,26-,29-,30+,31+,32-/m0/s1. The quantitative estimate of drug-likeness (QED) is 0.428. The van der Waals surface area contributed by atoms with E-state index in [1.165, 1.54) is 0 Å². The van der Waals surface area contributed by atoms with Crippen molar-refractivity contribution in [3.8, 4) is 0 Å². The fraction of sp³-hybridized carbons (Fsp3) is 0.969. The topological polar surface area (TPSA) is 102 Å². The second kappa shape index (κ2) is 8.90. The Morgan fingerprint density at radius 2 is 1.61 bits per heavy atom.